The van der Waals surface area contributed by atoms with Crippen LogP contribution in [-0.2, 0) is 17.8 Å². The van der Waals surface area contributed by atoms with Crippen molar-refractivity contribution in [2.75, 3.05) is 11.4 Å². The van der Waals surface area contributed by atoms with Gasteiger partial charge in [-0.3, -0.25) is 9.36 Å². The molecule has 1 aliphatic heterocycles. The van der Waals surface area contributed by atoms with Crippen molar-refractivity contribution in [3.8, 4) is 0 Å². The Morgan fingerprint density at radius 3 is 2.83 bits per heavy atom. The van der Waals surface area contributed by atoms with Crippen molar-refractivity contribution in [3.63, 3.8) is 0 Å². The van der Waals surface area contributed by atoms with E-state index in [4.69, 9.17) is 0 Å². The molecule has 1 aliphatic rings. The highest BCUT2D eigenvalue weighted by Crippen LogP contribution is 2.32. The zero-order valence-corrected chi connectivity index (χ0v) is 13.5. The summed E-state index contributed by atoms with van der Waals surface area (Å²) in [6.45, 7) is 3.81. The van der Waals surface area contributed by atoms with Gasteiger partial charge in [0.05, 0.1) is 5.69 Å². The Labute approximate surface area is 137 Å². The summed E-state index contributed by atoms with van der Waals surface area (Å²) in [5, 5.41) is 10.8. The fourth-order valence-electron chi connectivity index (χ4n) is 3.06. The first-order valence-electron chi connectivity index (χ1n) is 7.65. The lowest BCUT2D eigenvalue weighted by Crippen LogP contribution is -2.38. The van der Waals surface area contributed by atoms with Crippen LogP contribution in [0.15, 0.2) is 18.3 Å². The molecule has 0 saturated heterocycles. The number of hydrogen-bond acceptors (Lipinski definition) is 4. The molecule has 126 valence electrons. The minimum absolute atomic E-state index is 0.112. The highest BCUT2D eigenvalue weighted by Gasteiger charge is 2.28. The predicted molar refractivity (Wildman–Crippen MR) is 85.4 cm³/mol. The molecule has 1 amide bonds. The molecule has 2 heterocycles. The van der Waals surface area contributed by atoms with Gasteiger partial charge in [-0.15, -0.1) is 0 Å². The summed E-state index contributed by atoms with van der Waals surface area (Å²) in [4.78, 5) is 28.1. The van der Waals surface area contributed by atoms with Crippen LogP contribution in [-0.4, -0.2) is 26.9 Å². The minimum Gasteiger partial charge on any atom is -0.358 e. The average molecular weight is 332 g/mol. The van der Waals surface area contributed by atoms with Crippen LogP contribution in [0.1, 0.15) is 23.4 Å². The number of rotatable bonds is 3. The normalized spacial score (nSPS) is 13.7. The fourth-order valence-corrected chi connectivity index (χ4v) is 3.06. The lowest BCUT2D eigenvalue weighted by molar-refractivity contribution is -0.389. The third-order valence-corrected chi connectivity index (χ3v) is 4.30. The highest BCUT2D eigenvalue weighted by atomic mass is 19.1. The first kappa shape index (κ1) is 16.1. The molecule has 0 unspecified atom stereocenters. The van der Waals surface area contributed by atoms with Gasteiger partial charge in [-0.05, 0) is 46.9 Å². The zero-order chi connectivity index (χ0) is 17.4. The number of hydrogen-bond donors (Lipinski definition) is 0. The topological polar surface area (TPSA) is 81.3 Å². The zero-order valence-electron chi connectivity index (χ0n) is 13.5. The van der Waals surface area contributed by atoms with E-state index in [1.54, 1.807) is 13.0 Å². The van der Waals surface area contributed by atoms with Crippen molar-refractivity contribution in [2.45, 2.75) is 33.2 Å². The maximum absolute atomic E-state index is 14.3. The Morgan fingerprint density at radius 1 is 1.42 bits per heavy atom. The van der Waals surface area contributed by atoms with Crippen LogP contribution in [0, 0.1) is 29.8 Å². The second-order valence-electron chi connectivity index (χ2n) is 5.87. The Kier molecular flexibility index (Phi) is 4.04. The third kappa shape index (κ3) is 2.75. The molecule has 0 bridgehead atoms. The Hall–Kier alpha value is -2.77. The van der Waals surface area contributed by atoms with Gasteiger partial charge in [0.15, 0.2) is 0 Å². The van der Waals surface area contributed by atoms with E-state index in [-0.39, 0.29) is 18.3 Å². The van der Waals surface area contributed by atoms with Crippen LogP contribution >= 0.6 is 0 Å². The maximum atomic E-state index is 14.3. The van der Waals surface area contributed by atoms with Gasteiger partial charge in [-0.1, -0.05) is 6.07 Å². The van der Waals surface area contributed by atoms with Crippen molar-refractivity contribution >= 4 is 17.4 Å². The number of nitrogens with zero attached hydrogens (tertiary/aromatic N) is 4. The monoisotopic (exact) mass is 332 g/mol. The van der Waals surface area contributed by atoms with Crippen molar-refractivity contribution < 1.29 is 14.1 Å². The summed E-state index contributed by atoms with van der Waals surface area (Å²) in [7, 11) is 0. The van der Waals surface area contributed by atoms with Gasteiger partial charge < -0.3 is 15.0 Å². The summed E-state index contributed by atoms with van der Waals surface area (Å²) in [6.07, 6.45) is 2.72. The average Bonchev–Trinajstić information content (AvgIpc) is 2.92. The summed E-state index contributed by atoms with van der Waals surface area (Å²) in [6, 6.07) is 3.08. The van der Waals surface area contributed by atoms with Gasteiger partial charge in [0.2, 0.25) is 11.7 Å². The number of halogens is 1. The standard InChI is InChI=1S/C16H17FN4O3/c1-10-5-6-13(17)16-12(10)4-3-7-20(16)15(22)9-19-8-14(21(23)24)18-11(19)2/h5-6,8H,3-4,7,9H2,1-2H3. The lowest BCUT2D eigenvalue weighted by atomic mass is 9.96. The SMILES string of the molecule is Cc1ccc(F)c2c1CCCN2C(=O)Cn1cc([N+](=O)[O-])nc1C. The van der Waals surface area contributed by atoms with E-state index in [0.717, 1.165) is 24.0 Å². The Balaban J connectivity index is 1.90. The van der Waals surface area contributed by atoms with Crippen molar-refractivity contribution in [3.05, 3.63) is 51.2 Å². The fraction of sp³-hybridized carbons (Fsp3) is 0.375. The van der Waals surface area contributed by atoms with Gasteiger partial charge in [-0.2, -0.15) is 0 Å². The van der Waals surface area contributed by atoms with Crippen LogP contribution in [0.3, 0.4) is 0 Å². The molecule has 1 aromatic carbocycles. The van der Waals surface area contributed by atoms with Gasteiger partial charge in [0, 0.05) is 13.5 Å². The summed E-state index contributed by atoms with van der Waals surface area (Å²) >= 11 is 0. The van der Waals surface area contributed by atoms with E-state index >= 15 is 0 Å². The molecule has 24 heavy (non-hydrogen) atoms. The predicted octanol–water partition coefficient (Wildman–Crippen LogP) is 2.53. The quantitative estimate of drug-likeness (QED) is 0.639. The molecule has 0 atom stereocenters. The Bertz CT molecular complexity index is 831. The van der Waals surface area contributed by atoms with Crippen molar-refractivity contribution in [1.29, 1.82) is 0 Å². The second kappa shape index (κ2) is 6.03. The van der Waals surface area contributed by atoms with E-state index in [2.05, 4.69) is 4.98 Å². The number of carbonyl (C=O) groups is 1. The van der Waals surface area contributed by atoms with Crippen LogP contribution in [0.4, 0.5) is 15.9 Å². The molecule has 0 aliphatic carbocycles. The smallest absolute Gasteiger partial charge is 0.358 e. The molecule has 0 N–H and O–H groups in total. The molecule has 1 aromatic heterocycles. The molecule has 7 nitrogen and oxygen atoms in total. The number of aryl methyl sites for hydroxylation is 2. The number of nitro groups is 1. The summed E-state index contributed by atoms with van der Waals surface area (Å²) in [5.74, 6) is -0.661. The van der Waals surface area contributed by atoms with Gasteiger partial charge >= 0.3 is 5.82 Å². The van der Waals surface area contributed by atoms with Crippen molar-refractivity contribution in [2.24, 2.45) is 0 Å². The molecule has 3 rings (SSSR count). The van der Waals surface area contributed by atoms with Crippen molar-refractivity contribution in [1.82, 2.24) is 9.55 Å². The molecule has 0 radical (unpaired) electrons. The first-order valence-corrected chi connectivity index (χ1v) is 7.65. The van der Waals surface area contributed by atoms with E-state index < -0.39 is 10.7 Å². The third-order valence-electron chi connectivity index (χ3n) is 4.30. The number of anilines is 1. The van der Waals surface area contributed by atoms with Crippen LogP contribution in [0.2, 0.25) is 0 Å². The van der Waals surface area contributed by atoms with Gasteiger partial charge in [0.1, 0.15) is 18.6 Å². The Morgan fingerprint density at radius 2 is 2.17 bits per heavy atom. The van der Waals surface area contributed by atoms with Gasteiger partial charge in [0.25, 0.3) is 0 Å². The van der Waals surface area contributed by atoms with E-state index in [1.807, 2.05) is 6.92 Å². The molecule has 0 spiro atoms. The number of fused-ring (bicyclic) bond motifs is 1. The number of aromatic nitrogens is 2. The number of amides is 1. The summed E-state index contributed by atoms with van der Waals surface area (Å²) < 4.78 is 15.7. The maximum Gasteiger partial charge on any atom is 0.381 e. The highest BCUT2D eigenvalue weighted by molar-refractivity contribution is 5.94. The molecule has 0 saturated carbocycles. The minimum atomic E-state index is -0.604. The molecule has 0 fully saturated rings. The lowest BCUT2D eigenvalue weighted by Gasteiger charge is -2.31. The molecule has 8 heteroatoms. The van der Waals surface area contributed by atoms with Gasteiger partial charge in [-0.25, -0.2) is 4.39 Å². The first-order chi connectivity index (χ1) is 11.4. The van der Waals surface area contributed by atoms with Crippen LogP contribution in [0.5, 0.6) is 0 Å². The molecule has 2 aromatic rings. The largest absolute Gasteiger partial charge is 0.381 e. The van der Waals surface area contributed by atoms with Crippen LogP contribution in [0.25, 0.3) is 0 Å². The van der Waals surface area contributed by atoms with Crippen LogP contribution < -0.4 is 4.90 Å². The summed E-state index contributed by atoms with van der Waals surface area (Å²) in [5.41, 5.74) is 2.14. The number of benzene rings is 1. The van der Waals surface area contributed by atoms with E-state index in [9.17, 15) is 19.3 Å². The van der Waals surface area contributed by atoms with E-state index in [0.29, 0.717) is 18.1 Å². The molecular formula is C16H17FN4O3. The second-order valence-corrected chi connectivity index (χ2v) is 5.87. The number of imidazole rings is 1. The number of carbonyl (C=O) groups excluding carboxylic acids is 1. The molecular weight excluding hydrogens is 315 g/mol. The van der Waals surface area contributed by atoms with E-state index in [1.165, 1.54) is 21.7 Å².